The van der Waals surface area contributed by atoms with Crippen molar-refractivity contribution in [1.29, 1.82) is 0 Å². The number of anilines is 3. The van der Waals surface area contributed by atoms with Crippen LogP contribution in [0.1, 0.15) is 58.9 Å². The molecule has 1 atom stereocenters. The van der Waals surface area contributed by atoms with E-state index >= 15 is 0 Å². The molecule has 0 saturated heterocycles. The Morgan fingerprint density at radius 3 is 2.51 bits per heavy atom. The van der Waals surface area contributed by atoms with Crippen LogP contribution in [-0.4, -0.2) is 51.9 Å². The molecule has 0 fully saturated rings. The summed E-state index contributed by atoms with van der Waals surface area (Å²) >= 11 is 0. The number of hydrogen-bond donors (Lipinski definition) is 2. The second-order valence-electron chi connectivity index (χ2n) is 10.3. The third-order valence-corrected chi connectivity index (χ3v) is 5.89. The summed E-state index contributed by atoms with van der Waals surface area (Å²) in [5.41, 5.74) is 4.65. The van der Waals surface area contributed by atoms with Gasteiger partial charge >= 0.3 is 5.97 Å². The SMILES string of the molecule is CCC(CC(=O)OC)c1ccc(N(CC(C)C)CC(C)(C)O)c(Nc2ccc3nn(C)nc3c2)c1. The molecule has 2 N–H and O–H groups in total. The van der Waals surface area contributed by atoms with E-state index in [1.54, 1.807) is 11.8 Å². The van der Waals surface area contributed by atoms with Gasteiger partial charge in [0.2, 0.25) is 0 Å². The molecule has 3 rings (SSSR count). The van der Waals surface area contributed by atoms with Crippen LogP contribution in [0.4, 0.5) is 17.1 Å². The Balaban J connectivity index is 2.07. The fourth-order valence-corrected chi connectivity index (χ4v) is 4.38. The normalized spacial score (nSPS) is 12.7. The zero-order valence-corrected chi connectivity index (χ0v) is 22.0. The van der Waals surface area contributed by atoms with E-state index < -0.39 is 5.60 Å². The molecule has 8 heteroatoms. The highest BCUT2D eigenvalue weighted by Crippen LogP contribution is 2.36. The number of carbonyl (C=O) groups excluding carboxylic acids is 1. The van der Waals surface area contributed by atoms with E-state index in [1.807, 2.05) is 32.0 Å². The molecule has 0 aliphatic carbocycles. The fourth-order valence-electron chi connectivity index (χ4n) is 4.38. The van der Waals surface area contributed by atoms with Gasteiger partial charge in [-0.2, -0.15) is 15.0 Å². The van der Waals surface area contributed by atoms with Gasteiger partial charge in [-0.25, -0.2) is 0 Å². The molecule has 0 aliphatic heterocycles. The van der Waals surface area contributed by atoms with E-state index in [-0.39, 0.29) is 11.9 Å². The summed E-state index contributed by atoms with van der Waals surface area (Å²) in [7, 11) is 3.23. The number of rotatable bonds is 11. The van der Waals surface area contributed by atoms with Crippen molar-refractivity contribution in [1.82, 2.24) is 15.0 Å². The summed E-state index contributed by atoms with van der Waals surface area (Å²) in [5, 5.41) is 23.0. The van der Waals surface area contributed by atoms with Gasteiger partial charge in [0.15, 0.2) is 0 Å². The van der Waals surface area contributed by atoms with Crippen molar-refractivity contribution in [3.05, 3.63) is 42.0 Å². The predicted molar refractivity (Wildman–Crippen MR) is 141 cm³/mol. The molecule has 0 amide bonds. The summed E-state index contributed by atoms with van der Waals surface area (Å²) in [6, 6.07) is 12.2. The maximum absolute atomic E-state index is 12.0. The average Bonchev–Trinajstić information content (AvgIpc) is 3.14. The average molecular weight is 482 g/mol. The number of methoxy groups -OCH3 is 1. The first kappa shape index (κ1) is 26.5. The number of ether oxygens (including phenoxy) is 1. The van der Waals surface area contributed by atoms with Crippen molar-refractivity contribution in [2.45, 2.75) is 59.0 Å². The lowest BCUT2D eigenvalue weighted by atomic mass is 9.92. The van der Waals surface area contributed by atoms with E-state index in [9.17, 15) is 9.90 Å². The predicted octanol–water partition coefficient (Wildman–Crippen LogP) is 5.00. The van der Waals surface area contributed by atoms with Gasteiger partial charge in [-0.15, -0.1) is 0 Å². The lowest BCUT2D eigenvalue weighted by molar-refractivity contribution is -0.141. The number of aryl methyl sites for hydroxylation is 1. The summed E-state index contributed by atoms with van der Waals surface area (Å²) in [6.45, 7) is 11.4. The number of carbonyl (C=O) groups is 1. The fraction of sp³-hybridized carbons (Fsp3) is 0.519. The highest BCUT2D eigenvalue weighted by atomic mass is 16.5. The van der Waals surface area contributed by atoms with Crippen LogP contribution in [0, 0.1) is 5.92 Å². The second-order valence-corrected chi connectivity index (χ2v) is 10.3. The van der Waals surface area contributed by atoms with Gasteiger partial charge in [-0.05, 0) is 68.0 Å². The Hall–Kier alpha value is -3.13. The van der Waals surface area contributed by atoms with Crippen LogP contribution >= 0.6 is 0 Å². The van der Waals surface area contributed by atoms with Gasteiger partial charge in [-0.1, -0.05) is 26.8 Å². The summed E-state index contributed by atoms with van der Waals surface area (Å²) < 4.78 is 4.93. The molecule has 3 aromatic rings. The second kappa shape index (κ2) is 11.1. The van der Waals surface area contributed by atoms with Crippen LogP contribution < -0.4 is 10.2 Å². The number of nitrogens with zero attached hydrogens (tertiary/aromatic N) is 4. The lowest BCUT2D eigenvalue weighted by Crippen LogP contribution is -2.40. The van der Waals surface area contributed by atoms with Gasteiger partial charge in [-0.3, -0.25) is 4.79 Å². The number of benzene rings is 2. The molecule has 2 aromatic carbocycles. The first-order chi connectivity index (χ1) is 16.5. The zero-order chi connectivity index (χ0) is 25.8. The van der Waals surface area contributed by atoms with Gasteiger partial charge in [0.25, 0.3) is 0 Å². The molecular weight excluding hydrogens is 442 g/mol. The first-order valence-electron chi connectivity index (χ1n) is 12.2. The summed E-state index contributed by atoms with van der Waals surface area (Å²) in [4.78, 5) is 15.8. The molecule has 1 unspecified atom stereocenters. The van der Waals surface area contributed by atoms with Crippen molar-refractivity contribution in [2.75, 3.05) is 30.4 Å². The first-order valence-corrected chi connectivity index (χ1v) is 12.2. The molecule has 1 heterocycles. The third-order valence-electron chi connectivity index (χ3n) is 5.89. The van der Waals surface area contributed by atoms with Crippen molar-refractivity contribution in [3.8, 4) is 0 Å². The molecule has 0 aliphatic rings. The Morgan fingerprint density at radius 1 is 1.17 bits per heavy atom. The molecule has 0 radical (unpaired) electrons. The summed E-state index contributed by atoms with van der Waals surface area (Å²) in [5.74, 6) is 0.239. The zero-order valence-electron chi connectivity index (χ0n) is 22.0. The lowest BCUT2D eigenvalue weighted by Gasteiger charge is -2.34. The summed E-state index contributed by atoms with van der Waals surface area (Å²) in [6.07, 6.45) is 1.15. The molecule has 190 valence electrons. The van der Waals surface area contributed by atoms with Gasteiger partial charge in [0.1, 0.15) is 11.0 Å². The minimum Gasteiger partial charge on any atom is -0.469 e. The van der Waals surface area contributed by atoms with Crippen molar-refractivity contribution in [3.63, 3.8) is 0 Å². The topological polar surface area (TPSA) is 92.5 Å². The molecular formula is C27H39N5O3. The molecule has 0 bridgehead atoms. The van der Waals surface area contributed by atoms with Crippen molar-refractivity contribution < 1.29 is 14.6 Å². The monoisotopic (exact) mass is 481 g/mol. The van der Waals surface area contributed by atoms with E-state index in [2.05, 4.69) is 59.4 Å². The van der Waals surface area contributed by atoms with Gasteiger partial charge < -0.3 is 20.1 Å². The number of esters is 1. The molecule has 8 nitrogen and oxygen atoms in total. The minimum absolute atomic E-state index is 0.0485. The number of nitrogens with one attached hydrogen (secondary N) is 1. The maximum Gasteiger partial charge on any atom is 0.306 e. The molecule has 0 saturated carbocycles. The van der Waals surface area contributed by atoms with E-state index in [4.69, 9.17) is 4.74 Å². The highest BCUT2D eigenvalue weighted by Gasteiger charge is 2.23. The van der Waals surface area contributed by atoms with E-state index in [1.165, 1.54) is 7.11 Å². The third kappa shape index (κ3) is 7.18. The largest absolute Gasteiger partial charge is 0.469 e. The smallest absolute Gasteiger partial charge is 0.306 e. The van der Waals surface area contributed by atoms with Crippen LogP contribution in [-0.2, 0) is 16.6 Å². The van der Waals surface area contributed by atoms with E-state index in [0.29, 0.717) is 18.9 Å². The van der Waals surface area contributed by atoms with Crippen molar-refractivity contribution >= 4 is 34.1 Å². The Morgan fingerprint density at radius 2 is 1.89 bits per heavy atom. The van der Waals surface area contributed by atoms with Crippen LogP contribution in [0.5, 0.6) is 0 Å². The van der Waals surface area contributed by atoms with Crippen molar-refractivity contribution in [2.24, 2.45) is 13.0 Å². The minimum atomic E-state index is -0.861. The quantitative estimate of drug-likeness (QED) is 0.372. The van der Waals surface area contributed by atoms with E-state index in [0.717, 1.165) is 46.6 Å². The number of aromatic nitrogens is 3. The van der Waals surface area contributed by atoms with Crippen LogP contribution in [0.2, 0.25) is 0 Å². The highest BCUT2D eigenvalue weighted by molar-refractivity contribution is 5.83. The Kier molecular flexibility index (Phi) is 8.38. The van der Waals surface area contributed by atoms with Crippen LogP contribution in [0.3, 0.4) is 0 Å². The number of aliphatic hydroxyl groups is 1. The molecule has 1 aromatic heterocycles. The Labute approximate surface area is 208 Å². The molecule has 0 spiro atoms. The van der Waals surface area contributed by atoms with Gasteiger partial charge in [0.05, 0.1) is 30.5 Å². The number of fused-ring (bicyclic) bond motifs is 1. The molecule has 35 heavy (non-hydrogen) atoms. The number of hydrogen-bond acceptors (Lipinski definition) is 7. The Bertz CT molecular complexity index is 1150. The van der Waals surface area contributed by atoms with Crippen LogP contribution in [0.25, 0.3) is 11.0 Å². The van der Waals surface area contributed by atoms with Gasteiger partial charge in [0, 0.05) is 25.8 Å². The standard InChI is InChI=1S/C27H39N5O3/c1-8-19(14-26(33)35-7)20-9-12-25(32(16-18(2)3)17-27(4,5)34)24(13-20)28-21-10-11-22-23(15-21)30-31(6)29-22/h9-13,15,18-19,28,34H,8,14,16-17H2,1-7H3. The maximum atomic E-state index is 12.0. The van der Waals surface area contributed by atoms with Crippen LogP contribution in [0.15, 0.2) is 36.4 Å².